The molecule has 0 aliphatic carbocycles. The predicted molar refractivity (Wildman–Crippen MR) is 74.3 cm³/mol. The molecule has 0 radical (unpaired) electrons. The highest BCUT2D eigenvalue weighted by Gasteiger charge is 2.04. The molecule has 0 bridgehead atoms. The molecule has 1 aromatic carbocycles. The van der Waals surface area contributed by atoms with Gasteiger partial charge in [-0.05, 0) is 11.5 Å². The Bertz CT molecular complexity index is 457. The Morgan fingerprint density at radius 1 is 1.25 bits per heavy atom. The molecular formula is C13H15NS2. The van der Waals surface area contributed by atoms with Crippen molar-refractivity contribution in [3.05, 3.63) is 40.9 Å². The Morgan fingerprint density at radius 2 is 1.94 bits per heavy atom. The Hall–Kier alpha value is -0.800. The number of aromatic nitrogens is 1. The molecule has 3 heteroatoms. The van der Waals surface area contributed by atoms with E-state index < -0.39 is 0 Å². The summed E-state index contributed by atoms with van der Waals surface area (Å²) in [6.45, 7) is 4.41. The summed E-state index contributed by atoms with van der Waals surface area (Å²) in [6, 6.07) is 8.66. The molecule has 2 rings (SSSR count). The zero-order valence-electron chi connectivity index (χ0n) is 9.47. The summed E-state index contributed by atoms with van der Waals surface area (Å²) in [6.07, 6.45) is 0. The molecule has 0 amide bonds. The van der Waals surface area contributed by atoms with E-state index in [1.165, 1.54) is 11.1 Å². The van der Waals surface area contributed by atoms with Gasteiger partial charge in [0.1, 0.15) is 5.01 Å². The van der Waals surface area contributed by atoms with Crippen LogP contribution in [0.1, 0.15) is 31.0 Å². The maximum Gasteiger partial charge on any atom is 0.123 e. The lowest BCUT2D eigenvalue weighted by atomic mass is 10.0. The standard InChI is InChI=1S/C13H15NS2/c1-9(2)10-3-5-11(6-4-10)13-14-12(7-15)8-16-13/h3-6,8-9,15H,7H2,1-2H3. The molecule has 0 saturated carbocycles. The van der Waals surface area contributed by atoms with Crippen LogP contribution in [0.3, 0.4) is 0 Å². The van der Waals surface area contributed by atoms with Crippen LogP contribution >= 0.6 is 24.0 Å². The minimum absolute atomic E-state index is 0.582. The van der Waals surface area contributed by atoms with Gasteiger partial charge in [-0.25, -0.2) is 4.98 Å². The van der Waals surface area contributed by atoms with Crippen LogP contribution in [0.2, 0.25) is 0 Å². The van der Waals surface area contributed by atoms with Crippen LogP contribution in [0.25, 0.3) is 10.6 Å². The van der Waals surface area contributed by atoms with Gasteiger partial charge >= 0.3 is 0 Å². The molecule has 84 valence electrons. The third-order valence-electron chi connectivity index (χ3n) is 2.54. The van der Waals surface area contributed by atoms with Gasteiger partial charge in [0.2, 0.25) is 0 Å². The summed E-state index contributed by atoms with van der Waals surface area (Å²) in [5.74, 6) is 1.29. The van der Waals surface area contributed by atoms with Crippen LogP contribution in [-0.4, -0.2) is 4.98 Å². The van der Waals surface area contributed by atoms with Crippen LogP contribution in [0.5, 0.6) is 0 Å². The lowest BCUT2D eigenvalue weighted by molar-refractivity contribution is 0.867. The monoisotopic (exact) mass is 249 g/mol. The summed E-state index contributed by atoms with van der Waals surface area (Å²) in [4.78, 5) is 4.52. The summed E-state index contributed by atoms with van der Waals surface area (Å²) in [5, 5.41) is 3.15. The zero-order chi connectivity index (χ0) is 11.5. The molecular weight excluding hydrogens is 234 g/mol. The lowest BCUT2D eigenvalue weighted by Crippen LogP contribution is -1.86. The van der Waals surface area contributed by atoms with Gasteiger partial charge in [0.05, 0.1) is 5.69 Å². The van der Waals surface area contributed by atoms with Crippen molar-refractivity contribution in [3.63, 3.8) is 0 Å². The summed E-state index contributed by atoms with van der Waals surface area (Å²) in [5.41, 5.74) is 3.62. The van der Waals surface area contributed by atoms with E-state index in [-0.39, 0.29) is 0 Å². The lowest BCUT2D eigenvalue weighted by Gasteiger charge is -2.05. The van der Waals surface area contributed by atoms with Crippen molar-refractivity contribution in [2.24, 2.45) is 0 Å². The van der Waals surface area contributed by atoms with Gasteiger partial charge in [0.15, 0.2) is 0 Å². The minimum Gasteiger partial charge on any atom is -0.240 e. The van der Waals surface area contributed by atoms with Crippen molar-refractivity contribution in [2.45, 2.75) is 25.5 Å². The second kappa shape index (κ2) is 5.02. The van der Waals surface area contributed by atoms with Crippen LogP contribution in [0.15, 0.2) is 29.6 Å². The number of hydrogen-bond acceptors (Lipinski definition) is 3. The van der Waals surface area contributed by atoms with E-state index in [9.17, 15) is 0 Å². The minimum atomic E-state index is 0.582. The molecule has 0 spiro atoms. The SMILES string of the molecule is CC(C)c1ccc(-c2nc(CS)cs2)cc1. The van der Waals surface area contributed by atoms with E-state index in [1.807, 2.05) is 0 Å². The highest BCUT2D eigenvalue weighted by molar-refractivity contribution is 7.79. The summed E-state index contributed by atoms with van der Waals surface area (Å²) in [7, 11) is 0. The first-order valence-electron chi connectivity index (χ1n) is 5.36. The number of hydrogen-bond donors (Lipinski definition) is 1. The first-order chi connectivity index (χ1) is 7.70. The average Bonchev–Trinajstić information content (AvgIpc) is 2.77. The largest absolute Gasteiger partial charge is 0.240 e. The number of thiol groups is 1. The van der Waals surface area contributed by atoms with Gasteiger partial charge in [-0.2, -0.15) is 12.6 Å². The van der Waals surface area contributed by atoms with E-state index >= 15 is 0 Å². The maximum atomic E-state index is 4.52. The second-order valence-corrected chi connectivity index (χ2v) is 5.25. The summed E-state index contributed by atoms with van der Waals surface area (Å²) >= 11 is 5.90. The molecule has 0 unspecified atom stereocenters. The zero-order valence-corrected chi connectivity index (χ0v) is 11.2. The highest BCUT2D eigenvalue weighted by Crippen LogP contribution is 2.26. The van der Waals surface area contributed by atoms with E-state index in [0.29, 0.717) is 11.7 Å². The number of nitrogens with zero attached hydrogens (tertiary/aromatic N) is 1. The Kier molecular flexibility index (Phi) is 3.66. The van der Waals surface area contributed by atoms with Crippen LogP contribution in [-0.2, 0) is 5.75 Å². The number of benzene rings is 1. The predicted octanol–water partition coefficient (Wildman–Crippen LogP) is 4.36. The third-order valence-corrected chi connectivity index (χ3v) is 3.80. The fourth-order valence-corrected chi connectivity index (χ4v) is 2.63. The highest BCUT2D eigenvalue weighted by atomic mass is 32.1. The van der Waals surface area contributed by atoms with E-state index in [2.05, 4.69) is 61.1 Å². The molecule has 0 N–H and O–H groups in total. The van der Waals surface area contributed by atoms with Crippen molar-refractivity contribution < 1.29 is 0 Å². The van der Waals surface area contributed by atoms with Crippen LogP contribution in [0.4, 0.5) is 0 Å². The van der Waals surface area contributed by atoms with Gasteiger partial charge in [0.25, 0.3) is 0 Å². The van der Waals surface area contributed by atoms with Crippen molar-refractivity contribution in [1.29, 1.82) is 0 Å². The maximum absolute atomic E-state index is 4.52. The molecule has 0 aliphatic heterocycles. The van der Waals surface area contributed by atoms with E-state index in [1.54, 1.807) is 11.3 Å². The molecule has 0 fully saturated rings. The van der Waals surface area contributed by atoms with Gasteiger partial charge in [-0.15, -0.1) is 11.3 Å². The number of rotatable bonds is 3. The van der Waals surface area contributed by atoms with E-state index in [0.717, 1.165) is 10.7 Å². The molecule has 1 aromatic heterocycles. The van der Waals surface area contributed by atoms with Crippen LogP contribution < -0.4 is 0 Å². The fraction of sp³-hybridized carbons (Fsp3) is 0.308. The Morgan fingerprint density at radius 3 is 2.44 bits per heavy atom. The van der Waals surface area contributed by atoms with E-state index in [4.69, 9.17) is 0 Å². The third kappa shape index (κ3) is 2.47. The van der Waals surface area contributed by atoms with Crippen molar-refractivity contribution in [1.82, 2.24) is 4.98 Å². The smallest absolute Gasteiger partial charge is 0.123 e. The molecule has 0 saturated heterocycles. The van der Waals surface area contributed by atoms with Crippen LogP contribution in [0, 0.1) is 0 Å². The number of thiazole rings is 1. The molecule has 0 atom stereocenters. The van der Waals surface area contributed by atoms with Gasteiger partial charge in [0, 0.05) is 16.7 Å². The second-order valence-electron chi connectivity index (χ2n) is 4.08. The fourth-order valence-electron chi connectivity index (χ4n) is 1.52. The van der Waals surface area contributed by atoms with Gasteiger partial charge in [-0.3, -0.25) is 0 Å². The first kappa shape index (κ1) is 11.7. The Labute approximate surface area is 106 Å². The summed E-state index contributed by atoms with van der Waals surface area (Å²) < 4.78 is 0. The molecule has 2 aromatic rings. The molecule has 1 nitrogen and oxygen atoms in total. The first-order valence-corrected chi connectivity index (χ1v) is 6.87. The average molecular weight is 249 g/mol. The molecule has 1 heterocycles. The molecule has 0 aliphatic rings. The van der Waals surface area contributed by atoms with Gasteiger partial charge < -0.3 is 0 Å². The normalized spacial score (nSPS) is 11.0. The van der Waals surface area contributed by atoms with Crippen molar-refractivity contribution in [3.8, 4) is 10.6 Å². The quantitative estimate of drug-likeness (QED) is 0.797. The topological polar surface area (TPSA) is 12.9 Å². The molecule has 16 heavy (non-hydrogen) atoms. The Balaban J connectivity index is 2.27. The van der Waals surface area contributed by atoms with Crippen molar-refractivity contribution in [2.75, 3.05) is 0 Å². The van der Waals surface area contributed by atoms with Gasteiger partial charge in [-0.1, -0.05) is 38.1 Å². The van der Waals surface area contributed by atoms with Crippen molar-refractivity contribution >= 4 is 24.0 Å².